The number of nitro groups is 1. The number of hydrogen-bond donors (Lipinski definition) is 1. The lowest BCUT2D eigenvalue weighted by Crippen LogP contribution is -1.99. The molecule has 0 aliphatic rings. The maximum absolute atomic E-state index is 10.7. The molecule has 2 aromatic heterocycles. The quantitative estimate of drug-likeness (QED) is 0.412. The van der Waals surface area contributed by atoms with E-state index in [0.717, 1.165) is 0 Å². The minimum atomic E-state index is -0.450. The summed E-state index contributed by atoms with van der Waals surface area (Å²) in [7, 11) is 0. The smallest absolute Gasteiger partial charge is 0.269 e. The van der Waals surface area contributed by atoms with Crippen LogP contribution in [0, 0.1) is 13.8 Å². The predicted molar refractivity (Wildman–Crippen MR) is 80.4 cm³/mol. The number of nitrogens with two attached hydrogens (primary N) is 1. The van der Waals surface area contributed by atoms with Crippen LogP contribution in [0.1, 0.15) is 0 Å². The molecule has 3 aromatic rings. The highest BCUT2D eigenvalue weighted by Crippen LogP contribution is 2.25. The molecular formula is C11H7IN6O2. The maximum atomic E-state index is 10.7. The van der Waals surface area contributed by atoms with Gasteiger partial charge in [0.05, 0.1) is 16.0 Å². The van der Waals surface area contributed by atoms with Crippen LogP contribution < -0.4 is 5.73 Å². The third kappa shape index (κ3) is 1.95. The van der Waals surface area contributed by atoms with Gasteiger partial charge in [0.25, 0.3) is 5.69 Å². The number of non-ortho nitro benzene ring substituents is 1. The van der Waals surface area contributed by atoms with Gasteiger partial charge in [-0.15, -0.1) is 0 Å². The second-order valence-electron chi connectivity index (χ2n) is 3.93. The van der Waals surface area contributed by atoms with Crippen molar-refractivity contribution in [3.05, 3.63) is 44.4 Å². The van der Waals surface area contributed by atoms with Crippen molar-refractivity contribution in [3.8, 4) is 5.69 Å². The van der Waals surface area contributed by atoms with Gasteiger partial charge in [0, 0.05) is 12.1 Å². The first-order valence-corrected chi connectivity index (χ1v) is 6.55. The summed E-state index contributed by atoms with van der Waals surface area (Å²) in [6.45, 7) is 0. The van der Waals surface area contributed by atoms with Crippen molar-refractivity contribution in [1.29, 1.82) is 0 Å². The summed E-state index contributed by atoms with van der Waals surface area (Å²) in [5.74, 6) is 0.354. The zero-order valence-corrected chi connectivity index (χ0v) is 12.1. The zero-order valence-electron chi connectivity index (χ0n) is 9.89. The topological polar surface area (TPSA) is 113 Å². The minimum Gasteiger partial charge on any atom is -0.383 e. The minimum absolute atomic E-state index is 0.0223. The average Bonchev–Trinajstić information content (AvgIpc) is 2.77. The van der Waals surface area contributed by atoms with E-state index in [1.807, 2.05) is 22.6 Å². The number of anilines is 1. The predicted octanol–water partition coefficient (Wildman–Crippen LogP) is 1.91. The summed E-state index contributed by atoms with van der Waals surface area (Å²) in [5.41, 5.74) is 7.07. The van der Waals surface area contributed by atoms with Crippen LogP contribution in [0.25, 0.3) is 16.7 Å². The van der Waals surface area contributed by atoms with Crippen molar-refractivity contribution >= 4 is 45.1 Å². The molecule has 2 heterocycles. The van der Waals surface area contributed by atoms with Crippen LogP contribution in [-0.2, 0) is 0 Å². The highest BCUT2D eigenvalue weighted by molar-refractivity contribution is 14.1. The molecule has 0 saturated heterocycles. The van der Waals surface area contributed by atoms with Crippen molar-refractivity contribution in [2.75, 3.05) is 5.73 Å². The molecule has 0 spiro atoms. The molecule has 0 unspecified atom stereocenters. The fourth-order valence-electron chi connectivity index (χ4n) is 1.83. The molecule has 0 bridgehead atoms. The third-order valence-electron chi connectivity index (χ3n) is 2.76. The number of nitrogen functional groups attached to an aromatic ring is 1. The Morgan fingerprint density at radius 2 is 1.95 bits per heavy atom. The maximum Gasteiger partial charge on any atom is 0.269 e. The van der Waals surface area contributed by atoms with Crippen LogP contribution in [0.4, 0.5) is 11.5 Å². The van der Waals surface area contributed by atoms with E-state index in [4.69, 9.17) is 5.73 Å². The fraction of sp³-hybridized carbons (Fsp3) is 0. The summed E-state index contributed by atoms with van der Waals surface area (Å²) in [4.78, 5) is 18.3. The van der Waals surface area contributed by atoms with Crippen molar-refractivity contribution in [3.63, 3.8) is 0 Å². The molecule has 0 fully saturated rings. The Morgan fingerprint density at radius 1 is 1.25 bits per heavy atom. The molecule has 20 heavy (non-hydrogen) atoms. The van der Waals surface area contributed by atoms with Gasteiger partial charge in [-0.05, 0) is 34.7 Å². The molecule has 1 aromatic carbocycles. The van der Waals surface area contributed by atoms with Gasteiger partial charge < -0.3 is 5.73 Å². The molecule has 3 rings (SSSR count). The Balaban J connectivity index is 2.20. The van der Waals surface area contributed by atoms with Gasteiger partial charge in [0.2, 0.25) is 0 Å². The standard InChI is InChI=1S/C11H7IN6O2/c12-9-8-10(13)14-5-15-11(8)17(16-9)6-1-3-7(4-2-6)18(19)20/h1-5H,(H2,13,14,15). The van der Waals surface area contributed by atoms with E-state index >= 15 is 0 Å². The van der Waals surface area contributed by atoms with Crippen molar-refractivity contribution in [1.82, 2.24) is 19.7 Å². The Hall–Kier alpha value is -2.30. The van der Waals surface area contributed by atoms with E-state index in [1.165, 1.54) is 18.5 Å². The number of aromatic nitrogens is 4. The van der Waals surface area contributed by atoms with Crippen LogP contribution in [0.5, 0.6) is 0 Å². The summed E-state index contributed by atoms with van der Waals surface area (Å²) >= 11 is 2.05. The number of benzene rings is 1. The van der Waals surface area contributed by atoms with Gasteiger partial charge in [-0.1, -0.05) is 0 Å². The number of halogens is 1. The highest BCUT2D eigenvalue weighted by Gasteiger charge is 2.15. The molecule has 0 amide bonds. The Morgan fingerprint density at radius 3 is 2.60 bits per heavy atom. The van der Waals surface area contributed by atoms with Gasteiger partial charge in [-0.3, -0.25) is 10.1 Å². The number of fused-ring (bicyclic) bond motifs is 1. The van der Waals surface area contributed by atoms with Gasteiger partial charge in [0.15, 0.2) is 5.65 Å². The largest absolute Gasteiger partial charge is 0.383 e. The lowest BCUT2D eigenvalue weighted by Gasteiger charge is -2.02. The van der Waals surface area contributed by atoms with Crippen LogP contribution >= 0.6 is 22.6 Å². The molecule has 0 saturated carbocycles. The Kier molecular flexibility index (Phi) is 2.97. The first-order chi connectivity index (χ1) is 9.58. The first-order valence-electron chi connectivity index (χ1n) is 5.47. The number of nitro benzene ring substituents is 1. The summed E-state index contributed by atoms with van der Waals surface area (Å²) in [6, 6.07) is 6.05. The van der Waals surface area contributed by atoms with E-state index < -0.39 is 4.92 Å². The molecule has 0 aliphatic heterocycles. The lowest BCUT2D eigenvalue weighted by atomic mass is 10.3. The molecule has 0 radical (unpaired) electrons. The molecule has 100 valence electrons. The van der Waals surface area contributed by atoms with Crippen molar-refractivity contribution in [2.24, 2.45) is 0 Å². The van der Waals surface area contributed by atoms with Gasteiger partial charge in [0.1, 0.15) is 15.8 Å². The fourth-order valence-corrected chi connectivity index (χ4v) is 2.56. The van der Waals surface area contributed by atoms with Gasteiger partial charge in [-0.2, -0.15) is 5.10 Å². The highest BCUT2D eigenvalue weighted by atomic mass is 127. The van der Waals surface area contributed by atoms with Crippen molar-refractivity contribution in [2.45, 2.75) is 0 Å². The average molecular weight is 382 g/mol. The number of hydrogen-bond acceptors (Lipinski definition) is 6. The summed E-state index contributed by atoms with van der Waals surface area (Å²) < 4.78 is 2.26. The number of rotatable bonds is 2. The van der Waals surface area contributed by atoms with E-state index in [0.29, 0.717) is 26.2 Å². The Bertz CT molecular complexity index is 814. The lowest BCUT2D eigenvalue weighted by molar-refractivity contribution is -0.384. The van der Waals surface area contributed by atoms with Crippen LogP contribution in [0.2, 0.25) is 0 Å². The third-order valence-corrected chi connectivity index (χ3v) is 3.51. The number of nitrogens with zero attached hydrogens (tertiary/aromatic N) is 5. The normalized spacial score (nSPS) is 10.8. The van der Waals surface area contributed by atoms with Crippen molar-refractivity contribution < 1.29 is 4.92 Å². The monoisotopic (exact) mass is 382 g/mol. The second-order valence-corrected chi connectivity index (χ2v) is 4.96. The SMILES string of the molecule is Nc1ncnc2c1c(I)nn2-c1ccc([N+](=O)[O-])cc1. The first kappa shape index (κ1) is 12.7. The van der Waals surface area contributed by atoms with E-state index in [2.05, 4.69) is 15.1 Å². The van der Waals surface area contributed by atoms with Crippen LogP contribution in [0.3, 0.4) is 0 Å². The summed E-state index contributed by atoms with van der Waals surface area (Å²) in [6.07, 6.45) is 1.36. The molecule has 2 N–H and O–H groups in total. The Labute approximate surface area is 125 Å². The molecule has 0 aliphatic carbocycles. The van der Waals surface area contributed by atoms with E-state index in [1.54, 1.807) is 16.8 Å². The van der Waals surface area contributed by atoms with E-state index in [9.17, 15) is 10.1 Å². The molecule has 9 heteroatoms. The zero-order chi connectivity index (χ0) is 14.3. The van der Waals surface area contributed by atoms with Crippen LogP contribution in [0.15, 0.2) is 30.6 Å². The molecule has 8 nitrogen and oxygen atoms in total. The molecular weight excluding hydrogens is 375 g/mol. The molecule has 0 atom stereocenters. The van der Waals surface area contributed by atoms with E-state index in [-0.39, 0.29) is 5.69 Å². The summed E-state index contributed by atoms with van der Waals surface area (Å²) in [5, 5.41) is 15.7. The van der Waals surface area contributed by atoms with Crippen LogP contribution in [-0.4, -0.2) is 24.7 Å². The van der Waals surface area contributed by atoms with Gasteiger partial charge >= 0.3 is 0 Å². The van der Waals surface area contributed by atoms with Gasteiger partial charge in [-0.25, -0.2) is 14.6 Å². The second kappa shape index (κ2) is 4.67.